The molecule has 0 amide bonds. The maximum atomic E-state index is 4.71. The molecule has 1 aliphatic rings. The van der Waals surface area contributed by atoms with Crippen molar-refractivity contribution in [1.29, 1.82) is 0 Å². The van der Waals surface area contributed by atoms with Gasteiger partial charge >= 0.3 is 0 Å². The van der Waals surface area contributed by atoms with Gasteiger partial charge in [-0.1, -0.05) is 38.1 Å². The normalized spacial score (nSPS) is 14.2. The summed E-state index contributed by atoms with van der Waals surface area (Å²) in [4.78, 5) is 4.71. The third-order valence-corrected chi connectivity index (χ3v) is 6.08. The van der Waals surface area contributed by atoms with Crippen LogP contribution in [0.25, 0.3) is 33.3 Å². The first-order chi connectivity index (χ1) is 13.0. The number of aryl methyl sites for hydroxylation is 2. The molecule has 2 heteroatoms. The van der Waals surface area contributed by atoms with Crippen molar-refractivity contribution in [3.05, 3.63) is 83.7 Å². The van der Waals surface area contributed by atoms with Gasteiger partial charge in [0, 0.05) is 40.3 Å². The van der Waals surface area contributed by atoms with Crippen LogP contribution in [0, 0.1) is 6.92 Å². The van der Waals surface area contributed by atoms with Crippen molar-refractivity contribution in [1.82, 2.24) is 4.98 Å². The molecule has 0 aliphatic heterocycles. The minimum absolute atomic E-state index is 0.0548. The highest BCUT2D eigenvalue weighted by Gasteiger charge is 2.37. The zero-order valence-electron chi connectivity index (χ0n) is 16.2. The molecule has 4 aromatic rings. The van der Waals surface area contributed by atoms with E-state index in [1.54, 1.807) is 0 Å². The molecule has 0 saturated heterocycles. The molecule has 27 heavy (non-hydrogen) atoms. The molecule has 0 saturated carbocycles. The third kappa shape index (κ3) is 2.19. The maximum Gasteiger partial charge on any atom is 0.213 e. The van der Waals surface area contributed by atoms with E-state index in [0.29, 0.717) is 0 Å². The van der Waals surface area contributed by atoms with Crippen LogP contribution in [0.15, 0.2) is 66.9 Å². The fraction of sp³-hybridized carbons (Fsp3) is 0.200. The van der Waals surface area contributed by atoms with Crippen molar-refractivity contribution in [2.24, 2.45) is 7.05 Å². The van der Waals surface area contributed by atoms with Crippen molar-refractivity contribution in [3.8, 4) is 22.4 Å². The van der Waals surface area contributed by atoms with Gasteiger partial charge in [-0.3, -0.25) is 4.98 Å². The molecule has 0 spiro atoms. The van der Waals surface area contributed by atoms with Crippen molar-refractivity contribution >= 4 is 10.9 Å². The number of rotatable bonds is 1. The average Bonchev–Trinajstić information content (AvgIpc) is 2.89. The topological polar surface area (TPSA) is 16.8 Å². The van der Waals surface area contributed by atoms with Crippen LogP contribution in [0.2, 0.25) is 0 Å². The maximum absolute atomic E-state index is 4.71. The highest BCUT2D eigenvalue weighted by atomic mass is 14.9. The number of hydrogen-bond donors (Lipinski definition) is 0. The summed E-state index contributed by atoms with van der Waals surface area (Å²) in [6, 6.07) is 22.0. The van der Waals surface area contributed by atoms with Crippen LogP contribution in [0.5, 0.6) is 0 Å². The van der Waals surface area contributed by atoms with E-state index < -0.39 is 0 Å². The molecule has 2 aromatic heterocycles. The smallest absolute Gasteiger partial charge is 0.213 e. The zero-order chi connectivity index (χ0) is 18.8. The second-order valence-electron chi connectivity index (χ2n) is 8.07. The van der Waals surface area contributed by atoms with E-state index in [9.17, 15) is 0 Å². The van der Waals surface area contributed by atoms with Crippen molar-refractivity contribution in [3.63, 3.8) is 0 Å². The Hall–Kier alpha value is -3.00. The average molecular weight is 351 g/mol. The van der Waals surface area contributed by atoms with Gasteiger partial charge in [0.2, 0.25) is 11.2 Å². The number of para-hydroxylation sites is 1. The molecule has 0 N–H and O–H groups in total. The highest BCUT2D eigenvalue weighted by Crippen LogP contribution is 2.49. The summed E-state index contributed by atoms with van der Waals surface area (Å²) in [6.45, 7) is 6.77. The number of benzene rings is 2. The fourth-order valence-corrected chi connectivity index (χ4v) is 4.59. The number of fused-ring (bicyclic) bond motifs is 4. The van der Waals surface area contributed by atoms with Gasteiger partial charge in [-0.05, 0) is 47.9 Å². The van der Waals surface area contributed by atoms with Crippen LogP contribution >= 0.6 is 0 Å². The van der Waals surface area contributed by atoms with E-state index in [4.69, 9.17) is 4.98 Å². The molecule has 2 heterocycles. The SMILES string of the molecule is Cc1cc2c(cc1-c1ccc3ccccc3[n+]1C)-c1cccnc1C2(C)C. The Morgan fingerprint density at radius 3 is 2.52 bits per heavy atom. The zero-order valence-corrected chi connectivity index (χ0v) is 16.2. The Morgan fingerprint density at radius 2 is 1.67 bits per heavy atom. The molecular formula is C25H23N2+. The van der Waals surface area contributed by atoms with Gasteiger partial charge in [0.25, 0.3) is 0 Å². The lowest BCUT2D eigenvalue weighted by Gasteiger charge is -2.21. The minimum Gasteiger partial charge on any atom is -0.260 e. The Morgan fingerprint density at radius 1 is 0.852 bits per heavy atom. The largest absolute Gasteiger partial charge is 0.260 e. The number of nitrogens with zero attached hydrogens (tertiary/aromatic N) is 2. The molecular weight excluding hydrogens is 328 g/mol. The monoisotopic (exact) mass is 351 g/mol. The van der Waals surface area contributed by atoms with E-state index >= 15 is 0 Å². The third-order valence-electron chi connectivity index (χ3n) is 6.08. The molecule has 0 unspecified atom stereocenters. The summed E-state index contributed by atoms with van der Waals surface area (Å²) in [7, 11) is 2.16. The second kappa shape index (κ2) is 5.50. The predicted octanol–water partition coefficient (Wildman–Crippen LogP) is 5.34. The van der Waals surface area contributed by atoms with Crippen molar-refractivity contribution in [2.75, 3.05) is 0 Å². The summed E-state index contributed by atoms with van der Waals surface area (Å²) in [5.74, 6) is 0. The molecule has 0 atom stereocenters. The summed E-state index contributed by atoms with van der Waals surface area (Å²) in [5.41, 5.74) is 10.2. The molecule has 0 fully saturated rings. The fourth-order valence-electron chi connectivity index (χ4n) is 4.59. The van der Waals surface area contributed by atoms with Crippen LogP contribution < -0.4 is 4.57 Å². The number of pyridine rings is 2. The van der Waals surface area contributed by atoms with E-state index in [1.165, 1.54) is 50.1 Å². The van der Waals surface area contributed by atoms with E-state index in [2.05, 4.69) is 87.0 Å². The summed E-state index contributed by atoms with van der Waals surface area (Å²) < 4.78 is 2.30. The number of aromatic nitrogens is 2. The molecule has 2 aromatic carbocycles. The Kier molecular flexibility index (Phi) is 3.30. The lowest BCUT2D eigenvalue weighted by atomic mass is 9.83. The van der Waals surface area contributed by atoms with Gasteiger partial charge in [0.15, 0.2) is 0 Å². The molecule has 5 rings (SSSR count). The van der Waals surface area contributed by atoms with Crippen molar-refractivity contribution < 1.29 is 4.57 Å². The molecule has 132 valence electrons. The van der Waals surface area contributed by atoms with E-state index in [0.717, 1.165) is 0 Å². The summed E-state index contributed by atoms with van der Waals surface area (Å²) in [5, 5.41) is 1.26. The van der Waals surface area contributed by atoms with Crippen LogP contribution in [0.3, 0.4) is 0 Å². The Balaban J connectivity index is 1.79. The van der Waals surface area contributed by atoms with Crippen LogP contribution in [0.1, 0.15) is 30.7 Å². The minimum atomic E-state index is -0.0548. The standard InChI is InChI=1S/C25H23N2/c1-16-14-21-20(18-9-7-13-26-24(18)25(21,2)3)15-19(16)23-12-11-17-8-5-6-10-22(17)27(23)4/h5-15H,1-4H3/q+1. The lowest BCUT2D eigenvalue weighted by Crippen LogP contribution is -2.32. The van der Waals surface area contributed by atoms with Gasteiger partial charge in [-0.2, -0.15) is 4.57 Å². The summed E-state index contributed by atoms with van der Waals surface area (Å²) in [6.07, 6.45) is 1.91. The first-order valence-electron chi connectivity index (χ1n) is 9.47. The van der Waals surface area contributed by atoms with Gasteiger partial charge in [-0.15, -0.1) is 0 Å². The highest BCUT2D eigenvalue weighted by molar-refractivity contribution is 5.84. The van der Waals surface area contributed by atoms with Crippen LogP contribution in [0.4, 0.5) is 0 Å². The lowest BCUT2D eigenvalue weighted by molar-refractivity contribution is -0.633. The van der Waals surface area contributed by atoms with Crippen LogP contribution in [-0.4, -0.2) is 4.98 Å². The van der Waals surface area contributed by atoms with E-state index in [-0.39, 0.29) is 5.41 Å². The molecule has 0 bridgehead atoms. The molecule has 2 nitrogen and oxygen atoms in total. The summed E-state index contributed by atoms with van der Waals surface area (Å²) >= 11 is 0. The molecule has 1 aliphatic carbocycles. The number of hydrogen-bond acceptors (Lipinski definition) is 1. The first kappa shape index (κ1) is 16.2. The second-order valence-corrected chi connectivity index (χ2v) is 8.07. The van der Waals surface area contributed by atoms with Gasteiger partial charge in [-0.25, -0.2) is 0 Å². The van der Waals surface area contributed by atoms with Gasteiger partial charge < -0.3 is 0 Å². The van der Waals surface area contributed by atoms with Crippen LogP contribution in [-0.2, 0) is 12.5 Å². The van der Waals surface area contributed by atoms with Gasteiger partial charge in [0.1, 0.15) is 7.05 Å². The first-order valence-corrected chi connectivity index (χ1v) is 9.47. The Labute approximate surface area is 160 Å². The van der Waals surface area contributed by atoms with Crippen molar-refractivity contribution in [2.45, 2.75) is 26.2 Å². The molecule has 0 radical (unpaired) electrons. The van der Waals surface area contributed by atoms with Gasteiger partial charge in [0.05, 0.1) is 5.69 Å². The predicted molar refractivity (Wildman–Crippen MR) is 111 cm³/mol. The quantitative estimate of drug-likeness (QED) is 0.423. The van der Waals surface area contributed by atoms with E-state index in [1.807, 2.05) is 12.3 Å². The Bertz CT molecular complexity index is 1220.